The van der Waals surface area contributed by atoms with Crippen LogP contribution in [0.25, 0.3) is 10.9 Å². The molecule has 2 aromatic carbocycles. The zero-order valence-electron chi connectivity index (χ0n) is 12.6. The Morgan fingerprint density at radius 2 is 1.79 bits per heavy atom. The fraction of sp³-hybridized carbons (Fsp3) is 0.0556. The Morgan fingerprint density at radius 3 is 2.62 bits per heavy atom. The lowest BCUT2D eigenvalue weighted by molar-refractivity contribution is -0.115. The van der Waals surface area contributed by atoms with Crippen LogP contribution >= 0.6 is 15.9 Å². The van der Waals surface area contributed by atoms with Gasteiger partial charge in [0.2, 0.25) is 5.91 Å². The van der Waals surface area contributed by atoms with Crippen molar-refractivity contribution in [3.05, 3.63) is 70.8 Å². The molecule has 6 heteroatoms. The topological polar surface area (TPSA) is 71.1 Å². The fourth-order valence-electron chi connectivity index (χ4n) is 2.30. The van der Waals surface area contributed by atoms with Crippen LogP contribution in [0.15, 0.2) is 65.3 Å². The molecule has 2 amide bonds. The molecule has 3 rings (SSSR count). The first-order valence-corrected chi connectivity index (χ1v) is 8.11. The van der Waals surface area contributed by atoms with Gasteiger partial charge in [0.1, 0.15) is 0 Å². The molecule has 120 valence electrons. The molecule has 0 aliphatic rings. The van der Waals surface area contributed by atoms with Gasteiger partial charge >= 0.3 is 0 Å². The predicted octanol–water partition coefficient (Wildman–Crippen LogP) is 3.37. The van der Waals surface area contributed by atoms with Gasteiger partial charge in [-0.2, -0.15) is 0 Å². The number of halogens is 1. The second-order valence-corrected chi connectivity index (χ2v) is 5.95. The van der Waals surface area contributed by atoms with E-state index in [4.69, 9.17) is 0 Å². The number of aromatic nitrogens is 1. The van der Waals surface area contributed by atoms with Crippen molar-refractivity contribution in [3.63, 3.8) is 0 Å². The van der Waals surface area contributed by atoms with Gasteiger partial charge in [-0.1, -0.05) is 30.3 Å². The summed E-state index contributed by atoms with van der Waals surface area (Å²) in [6.07, 6.45) is 1.67. The maximum absolute atomic E-state index is 12.1. The highest BCUT2D eigenvalue weighted by Crippen LogP contribution is 2.20. The van der Waals surface area contributed by atoms with Crippen LogP contribution in [0, 0.1) is 0 Å². The van der Waals surface area contributed by atoms with Crippen LogP contribution in [0.3, 0.4) is 0 Å². The van der Waals surface area contributed by atoms with Crippen molar-refractivity contribution in [2.75, 3.05) is 11.9 Å². The molecule has 24 heavy (non-hydrogen) atoms. The van der Waals surface area contributed by atoms with Gasteiger partial charge in [-0.25, -0.2) is 0 Å². The monoisotopic (exact) mass is 383 g/mol. The van der Waals surface area contributed by atoms with Gasteiger partial charge in [-0.15, -0.1) is 0 Å². The van der Waals surface area contributed by atoms with E-state index in [1.807, 2.05) is 30.3 Å². The minimum Gasteiger partial charge on any atom is -0.343 e. The average molecular weight is 384 g/mol. The van der Waals surface area contributed by atoms with Crippen molar-refractivity contribution in [2.45, 2.75) is 0 Å². The number of nitrogens with zero attached hydrogens (tertiary/aromatic N) is 1. The van der Waals surface area contributed by atoms with Crippen LogP contribution in [0.2, 0.25) is 0 Å². The van der Waals surface area contributed by atoms with Gasteiger partial charge in [0, 0.05) is 16.1 Å². The predicted molar refractivity (Wildman–Crippen MR) is 96.8 cm³/mol. The molecule has 0 atom stereocenters. The third-order valence-corrected chi connectivity index (χ3v) is 4.13. The summed E-state index contributed by atoms with van der Waals surface area (Å²) < 4.78 is 0.682. The molecule has 0 spiro atoms. The van der Waals surface area contributed by atoms with Crippen molar-refractivity contribution in [2.24, 2.45) is 0 Å². The molecule has 1 heterocycles. The van der Waals surface area contributed by atoms with E-state index in [1.165, 1.54) is 0 Å². The summed E-state index contributed by atoms with van der Waals surface area (Å²) in [6.45, 7) is -0.122. The van der Waals surface area contributed by atoms with E-state index in [2.05, 4.69) is 31.5 Å². The van der Waals surface area contributed by atoms with E-state index in [9.17, 15) is 9.59 Å². The zero-order valence-corrected chi connectivity index (χ0v) is 14.2. The maximum Gasteiger partial charge on any atom is 0.252 e. The molecule has 0 unspecified atom stereocenters. The second-order valence-electron chi connectivity index (χ2n) is 5.09. The van der Waals surface area contributed by atoms with E-state index in [1.54, 1.807) is 30.5 Å². The third kappa shape index (κ3) is 3.60. The lowest BCUT2D eigenvalue weighted by Gasteiger charge is -2.09. The number of fused-ring (bicyclic) bond motifs is 1. The maximum atomic E-state index is 12.1. The minimum absolute atomic E-state index is 0.122. The summed E-state index contributed by atoms with van der Waals surface area (Å²) >= 11 is 3.32. The number of hydrogen-bond donors (Lipinski definition) is 2. The normalized spacial score (nSPS) is 10.4. The number of carbonyl (C=O) groups is 2. The van der Waals surface area contributed by atoms with Crippen LogP contribution in [0.1, 0.15) is 10.4 Å². The minimum atomic E-state index is -0.312. The van der Waals surface area contributed by atoms with Gasteiger partial charge in [0.25, 0.3) is 5.91 Å². The van der Waals surface area contributed by atoms with Crippen molar-refractivity contribution in [3.8, 4) is 0 Å². The number of anilines is 1. The Hall–Kier alpha value is -2.73. The molecule has 5 nitrogen and oxygen atoms in total. The first-order chi connectivity index (χ1) is 11.6. The number of para-hydroxylation sites is 1. The van der Waals surface area contributed by atoms with Gasteiger partial charge in [-0.05, 0) is 40.2 Å². The SMILES string of the molecule is O=C(CNC(=O)c1ccccc1Br)Nc1cccc2cccnc12. The van der Waals surface area contributed by atoms with E-state index < -0.39 is 0 Å². The number of hydrogen-bond acceptors (Lipinski definition) is 3. The van der Waals surface area contributed by atoms with Gasteiger partial charge in [-0.3, -0.25) is 14.6 Å². The van der Waals surface area contributed by atoms with Crippen LogP contribution in [0.5, 0.6) is 0 Å². The Kier molecular flexibility index (Phi) is 4.86. The highest BCUT2D eigenvalue weighted by atomic mass is 79.9. The Balaban J connectivity index is 1.66. The summed E-state index contributed by atoms with van der Waals surface area (Å²) in [5.74, 6) is -0.623. The molecule has 0 saturated heterocycles. The van der Waals surface area contributed by atoms with E-state index in [0.717, 1.165) is 5.39 Å². The molecule has 0 radical (unpaired) electrons. The Bertz CT molecular complexity index is 906. The summed E-state index contributed by atoms with van der Waals surface area (Å²) in [5, 5.41) is 6.32. The number of pyridine rings is 1. The van der Waals surface area contributed by atoms with Crippen LogP contribution in [-0.4, -0.2) is 23.3 Å². The van der Waals surface area contributed by atoms with Gasteiger partial charge in [0.15, 0.2) is 0 Å². The van der Waals surface area contributed by atoms with E-state index >= 15 is 0 Å². The van der Waals surface area contributed by atoms with Gasteiger partial charge in [0.05, 0.1) is 23.3 Å². The second kappa shape index (κ2) is 7.23. The first-order valence-electron chi connectivity index (χ1n) is 7.31. The van der Waals surface area contributed by atoms with Gasteiger partial charge < -0.3 is 10.6 Å². The summed E-state index contributed by atoms with van der Waals surface area (Å²) in [5.41, 5.74) is 1.82. The lowest BCUT2D eigenvalue weighted by atomic mass is 10.2. The van der Waals surface area contributed by atoms with Crippen LogP contribution < -0.4 is 10.6 Å². The number of nitrogens with one attached hydrogen (secondary N) is 2. The fourth-order valence-corrected chi connectivity index (χ4v) is 2.77. The quantitative estimate of drug-likeness (QED) is 0.725. The highest BCUT2D eigenvalue weighted by Gasteiger charge is 2.11. The molecule has 0 bridgehead atoms. The zero-order chi connectivity index (χ0) is 16.9. The number of carbonyl (C=O) groups excluding carboxylic acids is 2. The third-order valence-electron chi connectivity index (χ3n) is 3.43. The highest BCUT2D eigenvalue weighted by molar-refractivity contribution is 9.10. The lowest BCUT2D eigenvalue weighted by Crippen LogP contribution is -2.33. The smallest absolute Gasteiger partial charge is 0.252 e. The first kappa shape index (κ1) is 16.1. The molecular weight excluding hydrogens is 370 g/mol. The summed E-state index contributed by atoms with van der Waals surface area (Å²) in [7, 11) is 0. The molecule has 1 aromatic heterocycles. The Morgan fingerprint density at radius 1 is 1.00 bits per heavy atom. The van der Waals surface area contributed by atoms with Crippen molar-refractivity contribution >= 4 is 44.3 Å². The number of rotatable bonds is 4. The average Bonchev–Trinajstić information content (AvgIpc) is 2.60. The van der Waals surface area contributed by atoms with E-state index in [-0.39, 0.29) is 18.4 Å². The summed E-state index contributed by atoms with van der Waals surface area (Å²) in [6, 6.07) is 16.4. The van der Waals surface area contributed by atoms with Crippen LogP contribution in [-0.2, 0) is 4.79 Å². The molecule has 0 saturated carbocycles. The largest absolute Gasteiger partial charge is 0.343 e. The standard InChI is InChI=1S/C18H14BrN3O2/c19-14-8-2-1-7-13(14)18(24)21-11-16(23)22-15-9-3-5-12-6-4-10-20-17(12)15/h1-10H,11H2,(H,21,24)(H,22,23). The van der Waals surface area contributed by atoms with Crippen molar-refractivity contribution < 1.29 is 9.59 Å². The number of amides is 2. The van der Waals surface area contributed by atoms with Crippen molar-refractivity contribution in [1.82, 2.24) is 10.3 Å². The molecule has 3 aromatic rings. The molecule has 0 aliphatic heterocycles. The molecule has 0 fully saturated rings. The summed E-state index contributed by atoms with van der Waals surface area (Å²) in [4.78, 5) is 28.5. The van der Waals surface area contributed by atoms with Crippen molar-refractivity contribution in [1.29, 1.82) is 0 Å². The molecule has 2 N–H and O–H groups in total. The molecule has 0 aliphatic carbocycles. The van der Waals surface area contributed by atoms with Crippen LogP contribution in [0.4, 0.5) is 5.69 Å². The number of benzene rings is 2. The van der Waals surface area contributed by atoms with E-state index in [0.29, 0.717) is 21.2 Å². The Labute approximate surface area is 147 Å². The molecular formula is C18H14BrN3O2.